The lowest BCUT2D eigenvalue weighted by Gasteiger charge is -2.08. The van der Waals surface area contributed by atoms with Gasteiger partial charge in [-0.05, 0) is 38.1 Å². The molecule has 5 nitrogen and oxygen atoms in total. The largest absolute Gasteiger partial charge is 0.492 e. The van der Waals surface area contributed by atoms with Crippen LogP contribution in [0.15, 0.2) is 60.8 Å². The van der Waals surface area contributed by atoms with Gasteiger partial charge < -0.3 is 10.1 Å². The highest BCUT2D eigenvalue weighted by molar-refractivity contribution is 5.95. The van der Waals surface area contributed by atoms with Crippen molar-refractivity contribution in [3.8, 4) is 11.4 Å². The maximum absolute atomic E-state index is 12.3. The number of rotatable bonds is 6. The van der Waals surface area contributed by atoms with Crippen molar-refractivity contribution in [2.75, 3.05) is 13.2 Å². The molecule has 2 aromatic carbocycles. The molecule has 1 amide bonds. The van der Waals surface area contributed by atoms with Crippen LogP contribution in [0.3, 0.4) is 0 Å². The predicted molar refractivity (Wildman–Crippen MR) is 97.3 cm³/mol. The summed E-state index contributed by atoms with van der Waals surface area (Å²) in [6, 6.07) is 17.6. The van der Waals surface area contributed by atoms with Crippen LogP contribution in [0.5, 0.6) is 5.75 Å². The third-order valence-corrected chi connectivity index (χ3v) is 3.93. The van der Waals surface area contributed by atoms with Crippen molar-refractivity contribution in [1.82, 2.24) is 15.1 Å². The monoisotopic (exact) mass is 335 g/mol. The second kappa shape index (κ2) is 7.66. The fourth-order valence-electron chi connectivity index (χ4n) is 2.53. The van der Waals surface area contributed by atoms with Gasteiger partial charge in [0, 0.05) is 0 Å². The minimum atomic E-state index is -0.146. The zero-order chi connectivity index (χ0) is 17.6. The number of nitrogens with one attached hydrogen (secondary N) is 1. The number of aryl methyl sites for hydroxylation is 1. The van der Waals surface area contributed by atoms with E-state index in [1.165, 1.54) is 5.56 Å². The molecule has 0 aliphatic rings. The zero-order valence-electron chi connectivity index (χ0n) is 14.4. The summed E-state index contributed by atoms with van der Waals surface area (Å²) in [6.45, 7) is 4.77. The van der Waals surface area contributed by atoms with E-state index in [-0.39, 0.29) is 5.91 Å². The molecule has 0 aliphatic carbocycles. The number of carbonyl (C=O) groups excluding carboxylic acids is 1. The molecule has 3 rings (SSSR count). The molecule has 0 saturated heterocycles. The molecular formula is C20H21N3O2. The van der Waals surface area contributed by atoms with E-state index >= 15 is 0 Å². The molecule has 0 saturated carbocycles. The average molecular weight is 335 g/mol. The highest BCUT2D eigenvalue weighted by Gasteiger charge is 2.14. The van der Waals surface area contributed by atoms with E-state index < -0.39 is 0 Å². The summed E-state index contributed by atoms with van der Waals surface area (Å²) >= 11 is 0. The molecule has 0 aliphatic heterocycles. The first-order valence-corrected chi connectivity index (χ1v) is 8.23. The van der Waals surface area contributed by atoms with Crippen LogP contribution in [-0.4, -0.2) is 28.8 Å². The van der Waals surface area contributed by atoms with Crippen LogP contribution in [0, 0.1) is 13.8 Å². The lowest BCUT2D eigenvalue weighted by atomic mass is 10.2. The van der Waals surface area contributed by atoms with Crippen molar-refractivity contribution in [1.29, 1.82) is 0 Å². The van der Waals surface area contributed by atoms with Gasteiger partial charge in [0.2, 0.25) is 0 Å². The lowest BCUT2D eigenvalue weighted by molar-refractivity contribution is 0.0946. The van der Waals surface area contributed by atoms with E-state index in [1.54, 1.807) is 10.9 Å². The van der Waals surface area contributed by atoms with Gasteiger partial charge in [0.05, 0.1) is 29.7 Å². The van der Waals surface area contributed by atoms with Gasteiger partial charge in [-0.25, -0.2) is 4.68 Å². The Morgan fingerprint density at radius 1 is 1.08 bits per heavy atom. The lowest BCUT2D eigenvalue weighted by Crippen LogP contribution is -2.28. The van der Waals surface area contributed by atoms with Crippen LogP contribution < -0.4 is 10.1 Å². The van der Waals surface area contributed by atoms with Gasteiger partial charge in [0.25, 0.3) is 5.91 Å². The number of aromatic nitrogens is 2. The molecule has 0 fully saturated rings. The van der Waals surface area contributed by atoms with E-state index in [0.29, 0.717) is 18.7 Å². The molecule has 3 aromatic rings. The third-order valence-electron chi connectivity index (χ3n) is 3.93. The van der Waals surface area contributed by atoms with E-state index in [1.807, 2.05) is 68.4 Å². The first-order valence-electron chi connectivity index (χ1n) is 8.23. The fourth-order valence-corrected chi connectivity index (χ4v) is 2.53. The van der Waals surface area contributed by atoms with Gasteiger partial charge in [0.15, 0.2) is 0 Å². The van der Waals surface area contributed by atoms with Gasteiger partial charge in [0.1, 0.15) is 12.4 Å². The average Bonchev–Trinajstić information content (AvgIpc) is 3.02. The van der Waals surface area contributed by atoms with Gasteiger partial charge in [-0.3, -0.25) is 4.79 Å². The van der Waals surface area contributed by atoms with Crippen molar-refractivity contribution < 1.29 is 9.53 Å². The molecular weight excluding hydrogens is 314 g/mol. The quantitative estimate of drug-likeness (QED) is 0.703. The van der Waals surface area contributed by atoms with Crippen molar-refractivity contribution in [3.05, 3.63) is 77.6 Å². The van der Waals surface area contributed by atoms with E-state index in [4.69, 9.17) is 4.74 Å². The zero-order valence-corrected chi connectivity index (χ0v) is 14.4. The van der Waals surface area contributed by atoms with Gasteiger partial charge >= 0.3 is 0 Å². The molecule has 1 N–H and O–H groups in total. The third kappa shape index (κ3) is 4.07. The predicted octanol–water partition coefficient (Wildman–Crippen LogP) is 3.30. The van der Waals surface area contributed by atoms with Crippen LogP contribution in [0.25, 0.3) is 5.69 Å². The highest BCUT2D eigenvalue weighted by Crippen LogP contribution is 2.14. The Labute approximate surface area is 147 Å². The molecule has 1 aromatic heterocycles. The summed E-state index contributed by atoms with van der Waals surface area (Å²) in [4.78, 5) is 12.3. The van der Waals surface area contributed by atoms with Gasteiger partial charge in [-0.2, -0.15) is 5.10 Å². The minimum Gasteiger partial charge on any atom is -0.492 e. The van der Waals surface area contributed by atoms with Crippen LogP contribution in [0.4, 0.5) is 0 Å². The van der Waals surface area contributed by atoms with E-state index in [9.17, 15) is 4.79 Å². The Morgan fingerprint density at radius 3 is 2.52 bits per heavy atom. The number of carbonyl (C=O) groups is 1. The number of ether oxygens (including phenoxy) is 1. The molecule has 0 spiro atoms. The van der Waals surface area contributed by atoms with Crippen LogP contribution in [0.1, 0.15) is 21.6 Å². The van der Waals surface area contributed by atoms with Crippen molar-refractivity contribution >= 4 is 5.91 Å². The molecule has 5 heteroatoms. The van der Waals surface area contributed by atoms with Crippen LogP contribution >= 0.6 is 0 Å². The second-order valence-corrected chi connectivity index (χ2v) is 5.81. The summed E-state index contributed by atoms with van der Waals surface area (Å²) in [7, 11) is 0. The summed E-state index contributed by atoms with van der Waals surface area (Å²) < 4.78 is 7.38. The highest BCUT2D eigenvalue weighted by atomic mass is 16.5. The Morgan fingerprint density at radius 2 is 1.80 bits per heavy atom. The Bertz CT molecular complexity index is 839. The Hall–Kier alpha value is -3.08. The summed E-state index contributed by atoms with van der Waals surface area (Å²) in [5, 5.41) is 7.18. The van der Waals surface area contributed by atoms with Gasteiger partial charge in [-0.1, -0.05) is 35.9 Å². The van der Waals surface area contributed by atoms with Crippen molar-refractivity contribution in [2.45, 2.75) is 13.8 Å². The van der Waals surface area contributed by atoms with Gasteiger partial charge in [-0.15, -0.1) is 0 Å². The molecule has 0 radical (unpaired) electrons. The molecule has 25 heavy (non-hydrogen) atoms. The summed E-state index contributed by atoms with van der Waals surface area (Å²) in [6.07, 6.45) is 1.60. The molecule has 0 bridgehead atoms. The molecule has 0 unspecified atom stereocenters. The fraction of sp³-hybridized carbons (Fsp3) is 0.200. The molecule has 0 atom stereocenters. The molecule has 128 valence electrons. The number of hydrogen-bond acceptors (Lipinski definition) is 3. The number of para-hydroxylation sites is 1. The first kappa shape index (κ1) is 16.8. The van der Waals surface area contributed by atoms with Crippen LogP contribution in [0.2, 0.25) is 0 Å². The maximum atomic E-state index is 12.3. The van der Waals surface area contributed by atoms with Crippen LogP contribution in [-0.2, 0) is 0 Å². The topological polar surface area (TPSA) is 56.1 Å². The standard InChI is InChI=1S/C20H21N3O2/c1-15-8-10-18(11-9-15)25-13-12-21-20(24)19-14-22-23(16(19)2)17-6-4-3-5-7-17/h3-11,14H,12-13H2,1-2H3,(H,21,24). The normalized spacial score (nSPS) is 10.5. The number of hydrogen-bond donors (Lipinski definition) is 1. The number of benzene rings is 2. The maximum Gasteiger partial charge on any atom is 0.254 e. The smallest absolute Gasteiger partial charge is 0.254 e. The number of amides is 1. The second-order valence-electron chi connectivity index (χ2n) is 5.81. The van der Waals surface area contributed by atoms with Crippen molar-refractivity contribution in [3.63, 3.8) is 0 Å². The SMILES string of the molecule is Cc1ccc(OCCNC(=O)c2cnn(-c3ccccc3)c2C)cc1. The van der Waals surface area contributed by atoms with E-state index in [2.05, 4.69) is 10.4 Å². The summed E-state index contributed by atoms with van der Waals surface area (Å²) in [5.41, 5.74) is 3.50. The Kier molecular flexibility index (Phi) is 5.14. The Balaban J connectivity index is 1.55. The molecule has 1 heterocycles. The summed E-state index contributed by atoms with van der Waals surface area (Å²) in [5.74, 6) is 0.653. The first-order chi connectivity index (χ1) is 12.1. The van der Waals surface area contributed by atoms with Crippen molar-refractivity contribution in [2.24, 2.45) is 0 Å². The van der Waals surface area contributed by atoms with E-state index in [0.717, 1.165) is 17.1 Å². The minimum absolute atomic E-state index is 0.146. The number of nitrogens with zero attached hydrogens (tertiary/aromatic N) is 2.